The van der Waals surface area contributed by atoms with Crippen molar-refractivity contribution in [3.05, 3.63) is 54.4 Å². The number of aryl methyl sites for hydroxylation is 1. The van der Waals surface area contributed by atoms with Gasteiger partial charge in [0.15, 0.2) is 0 Å². The van der Waals surface area contributed by atoms with Gasteiger partial charge in [-0.2, -0.15) is 0 Å². The van der Waals surface area contributed by atoms with Crippen molar-refractivity contribution in [1.29, 1.82) is 0 Å². The van der Waals surface area contributed by atoms with E-state index in [4.69, 9.17) is 4.98 Å². The second-order valence-corrected chi connectivity index (χ2v) is 7.08. The normalized spacial score (nSPS) is 14.9. The van der Waals surface area contributed by atoms with Crippen LogP contribution in [0.3, 0.4) is 0 Å². The summed E-state index contributed by atoms with van der Waals surface area (Å²) < 4.78 is 2.02. The van der Waals surface area contributed by atoms with Gasteiger partial charge in [0.05, 0.1) is 5.69 Å². The van der Waals surface area contributed by atoms with E-state index >= 15 is 0 Å². The lowest BCUT2D eigenvalue weighted by Gasteiger charge is -2.10. The maximum absolute atomic E-state index is 12.3. The number of imidazole rings is 1. The molecule has 2 aromatic heterocycles. The number of pyridine rings is 1. The molecule has 0 atom stereocenters. The minimum Gasteiger partial charge on any atom is -0.326 e. The number of nitrogens with one attached hydrogen (secondary N) is 1. The van der Waals surface area contributed by atoms with Crippen molar-refractivity contribution in [2.75, 3.05) is 5.32 Å². The van der Waals surface area contributed by atoms with Crippen LogP contribution < -0.4 is 5.32 Å². The summed E-state index contributed by atoms with van der Waals surface area (Å²) >= 11 is 0. The first-order chi connectivity index (χ1) is 12.2. The Morgan fingerprint density at radius 2 is 2.08 bits per heavy atom. The molecule has 0 aliphatic heterocycles. The highest BCUT2D eigenvalue weighted by atomic mass is 16.1. The fourth-order valence-electron chi connectivity index (χ4n) is 3.67. The Morgan fingerprint density at radius 1 is 1.24 bits per heavy atom. The van der Waals surface area contributed by atoms with Crippen LogP contribution in [-0.2, 0) is 4.79 Å². The molecule has 1 aliphatic carbocycles. The van der Waals surface area contributed by atoms with Crippen molar-refractivity contribution < 1.29 is 4.79 Å². The summed E-state index contributed by atoms with van der Waals surface area (Å²) in [6.45, 7) is 2.06. The van der Waals surface area contributed by atoms with E-state index in [9.17, 15) is 4.79 Å². The maximum atomic E-state index is 12.3. The van der Waals surface area contributed by atoms with Crippen molar-refractivity contribution in [3.63, 3.8) is 0 Å². The number of carbonyl (C=O) groups excluding carboxylic acids is 1. The van der Waals surface area contributed by atoms with E-state index in [0.717, 1.165) is 22.6 Å². The van der Waals surface area contributed by atoms with Crippen LogP contribution in [0.15, 0.2) is 48.8 Å². The first-order valence-corrected chi connectivity index (χ1v) is 9.03. The van der Waals surface area contributed by atoms with E-state index < -0.39 is 0 Å². The van der Waals surface area contributed by atoms with Crippen LogP contribution in [0.4, 0.5) is 5.69 Å². The number of fused-ring (bicyclic) bond motifs is 1. The largest absolute Gasteiger partial charge is 0.326 e. The molecule has 0 radical (unpaired) electrons. The molecule has 0 unspecified atom stereocenters. The van der Waals surface area contributed by atoms with E-state index in [1.165, 1.54) is 31.2 Å². The highest BCUT2D eigenvalue weighted by molar-refractivity contribution is 5.91. The molecule has 0 spiro atoms. The quantitative estimate of drug-likeness (QED) is 0.743. The zero-order valence-corrected chi connectivity index (χ0v) is 14.5. The third kappa shape index (κ3) is 3.58. The molecule has 4 rings (SSSR count). The maximum Gasteiger partial charge on any atom is 0.224 e. The molecular weight excluding hydrogens is 310 g/mol. The molecule has 3 aromatic rings. The predicted molar refractivity (Wildman–Crippen MR) is 101 cm³/mol. The molecule has 1 aromatic carbocycles. The highest BCUT2D eigenvalue weighted by Crippen LogP contribution is 2.28. The van der Waals surface area contributed by atoms with Crippen LogP contribution in [0.2, 0.25) is 0 Å². The number of anilines is 1. The van der Waals surface area contributed by atoms with Gasteiger partial charge in [-0.1, -0.05) is 25.0 Å². The third-order valence-corrected chi connectivity index (χ3v) is 5.01. The molecule has 128 valence electrons. The van der Waals surface area contributed by atoms with E-state index in [1.54, 1.807) is 0 Å². The number of amides is 1. The second kappa shape index (κ2) is 6.71. The molecule has 0 saturated heterocycles. The van der Waals surface area contributed by atoms with Gasteiger partial charge in [-0.3, -0.25) is 4.79 Å². The summed E-state index contributed by atoms with van der Waals surface area (Å²) in [5.41, 5.74) is 4.90. The van der Waals surface area contributed by atoms with Gasteiger partial charge in [-0.15, -0.1) is 0 Å². The average Bonchev–Trinajstić information content (AvgIpc) is 3.24. The molecule has 1 amide bonds. The van der Waals surface area contributed by atoms with Crippen molar-refractivity contribution in [2.45, 2.75) is 39.0 Å². The minimum atomic E-state index is 0.120. The van der Waals surface area contributed by atoms with Gasteiger partial charge in [0.25, 0.3) is 0 Å². The van der Waals surface area contributed by atoms with Crippen LogP contribution in [-0.4, -0.2) is 15.3 Å². The summed E-state index contributed by atoms with van der Waals surface area (Å²) in [6.07, 6.45) is 9.59. The molecule has 1 saturated carbocycles. The summed E-state index contributed by atoms with van der Waals surface area (Å²) in [5, 5.41) is 3.05. The number of aromatic nitrogens is 2. The second-order valence-electron chi connectivity index (χ2n) is 7.08. The van der Waals surface area contributed by atoms with Crippen molar-refractivity contribution >= 4 is 17.2 Å². The molecule has 1 aliphatic rings. The van der Waals surface area contributed by atoms with Crippen LogP contribution in [0.1, 0.15) is 37.7 Å². The molecular formula is C21H23N3O. The smallest absolute Gasteiger partial charge is 0.224 e. The van der Waals surface area contributed by atoms with E-state index in [-0.39, 0.29) is 5.91 Å². The molecule has 25 heavy (non-hydrogen) atoms. The Labute approximate surface area is 147 Å². The number of nitrogens with zero attached hydrogens (tertiary/aromatic N) is 2. The first-order valence-electron chi connectivity index (χ1n) is 9.03. The first kappa shape index (κ1) is 15.9. The molecule has 2 heterocycles. The summed E-state index contributed by atoms with van der Waals surface area (Å²) in [5.74, 6) is 0.680. The summed E-state index contributed by atoms with van der Waals surface area (Å²) in [4.78, 5) is 17.0. The number of hydrogen-bond donors (Lipinski definition) is 1. The average molecular weight is 333 g/mol. The van der Waals surface area contributed by atoms with Crippen LogP contribution in [0.5, 0.6) is 0 Å². The standard InChI is InChI=1S/C21H23N3O/c1-15-9-10-24-14-19(23-20(24)11-15)17-7-4-8-18(13-17)22-21(25)12-16-5-2-3-6-16/h4,7-11,13-14,16H,2-3,5-6,12H2,1H3,(H,22,25). The van der Waals surface area contributed by atoms with Crippen LogP contribution in [0, 0.1) is 12.8 Å². The third-order valence-electron chi connectivity index (χ3n) is 5.01. The lowest BCUT2D eigenvalue weighted by Crippen LogP contribution is -2.15. The van der Waals surface area contributed by atoms with E-state index in [2.05, 4.69) is 24.4 Å². The van der Waals surface area contributed by atoms with Gasteiger partial charge < -0.3 is 9.72 Å². The number of hydrogen-bond acceptors (Lipinski definition) is 2. The van der Waals surface area contributed by atoms with E-state index in [0.29, 0.717) is 12.3 Å². The predicted octanol–water partition coefficient (Wildman–Crippen LogP) is 4.83. The minimum absolute atomic E-state index is 0.120. The van der Waals surface area contributed by atoms with Crippen LogP contribution >= 0.6 is 0 Å². The Morgan fingerprint density at radius 3 is 2.92 bits per heavy atom. The lowest BCUT2D eigenvalue weighted by molar-refractivity contribution is -0.117. The van der Waals surface area contributed by atoms with Gasteiger partial charge in [0, 0.05) is 30.1 Å². The molecule has 4 heteroatoms. The van der Waals surface area contributed by atoms with Gasteiger partial charge in [-0.05, 0) is 55.5 Å². The fourth-order valence-corrected chi connectivity index (χ4v) is 3.67. The molecule has 4 nitrogen and oxygen atoms in total. The fraction of sp³-hybridized carbons (Fsp3) is 0.333. The summed E-state index contributed by atoms with van der Waals surface area (Å²) in [6, 6.07) is 12.1. The Bertz CT molecular complexity index is 906. The molecule has 1 N–H and O–H groups in total. The van der Waals surface area contributed by atoms with Gasteiger partial charge >= 0.3 is 0 Å². The number of benzene rings is 1. The van der Waals surface area contributed by atoms with Gasteiger partial charge in [0.2, 0.25) is 5.91 Å². The van der Waals surface area contributed by atoms with Gasteiger partial charge in [0.1, 0.15) is 5.65 Å². The lowest BCUT2D eigenvalue weighted by atomic mass is 10.0. The Balaban J connectivity index is 1.52. The monoisotopic (exact) mass is 333 g/mol. The Kier molecular flexibility index (Phi) is 4.26. The highest BCUT2D eigenvalue weighted by Gasteiger charge is 2.18. The Hall–Kier alpha value is -2.62. The van der Waals surface area contributed by atoms with E-state index in [1.807, 2.05) is 41.1 Å². The van der Waals surface area contributed by atoms with Gasteiger partial charge in [-0.25, -0.2) is 4.98 Å². The van der Waals surface area contributed by atoms with Crippen molar-refractivity contribution in [2.24, 2.45) is 5.92 Å². The molecule has 0 bridgehead atoms. The zero-order valence-electron chi connectivity index (χ0n) is 14.5. The zero-order chi connectivity index (χ0) is 17.2. The molecule has 1 fully saturated rings. The summed E-state index contributed by atoms with van der Waals surface area (Å²) in [7, 11) is 0. The number of rotatable bonds is 4. The number of carbonyl (C=O) groups is 1. The SMILES string of the molecule is Cc1ccn2cc(-c3cccc(NC(=O)CC4CCCC4)c3)nc2c1. The van der Waals surface area contributed by atoms with Crippen molar-refractivity contribution in [1.82, 2.24) is 9.38 Å². The van der Waals surface area contributed by atoms with Crippen LogP contribution in [0.25, 0.3) is 16.9 Å². The topological polar surface area (TPSA) is 46.4 Å². The van der Waals surface area contributed by atoms with Crippen molar-refractivity contribution in [3.8, 4) is 11.3 Å².